The maximum atomic E-state index is 13.2. The topological polar surface area (TPSA) is 75.0 Å². The first-order valence-electron chi connectivity index (χ1n) is 10.2. The molecule has 0 unspecified atom stereocenters. The lowest BCUT2D eigenvalue weighted by Gasteiger charge is -2.26. The Balaban J connectivity index is 1.81. The highest BCUT2D eigenvalue weighted by Gasteiger charge is 2.33. The SMILES string of the molecule is COc1ccc([C@@H]2CC(=O)Oc3cc(OC)c4c(=O)cc(-c5ccccc5)oc4c32)cc1. The summed E-state index contributed by atoms with van der Waals surface area (Å²) in [7, 11) is 3.07. The Hall–Kier alpha value is -4.06. The molecule has 0 spiro atoms. The summed E-state index contributed by atoms with van der Waals surface area (Å²) in [4.78, 5) is 25.6. The summed E-state index contributed by atoms with van der Waals surface area (Å²) in [6, 6.07) is 19.9. The van der Waals surface area contributed by atoms with Crippen LogP contribution < -0.4 is 19.6 Å². The minimum atomic E-state index is -0.360. The smallest absolute Gasteiger partial charge is 0.312 e. The zero-order valence-corrected chi connectivity index (χ0v) is 17.6. The van der Waals surface area contributed by atoms with E-state index in [1.54, 1.807) is 13.2 Å². The molecule has 1 aliphatic rings. The van der Waals surface area contributed by atoms with Crippen molar-refractivity contribution in [3.63, 3.8) is 0 Å². The van der Waals surface area contributed by atoms with E-state index in [0.29, 0.717) is 39.5 Å². The number of carbonyl (C=O) groups excluding carboxylic acids is 1. The number of methoxy groups -OCH3 is 2. The molecular formula is C26H20O6. The molecule has 6 nitrogen and oxygen atoms in total. The second-order valence-corrected chi connectivity index (χ2v) is 7.54. The number of benzene rings is 3. The van der Waals surface area contributed by atoms with Gasteiger partial charge in [-0.1, -0.05) is 42.5 Å². The van der Waals surface area contributed by atoms with Crippen molar-refractivity contribution < 1.29 is 23.4 Å². The minimum absolute atomic E-state index is 0.125. The molecule has 0 saturated carbocycles. The first kappa shape index (κ1) is 19.9. The third kappa shape index (κ3) is 3.30. The van der Waals surface area contributed by atoms with Crippen LogP contribution in [0.25, 0.3) is 22.3 Å². The van der Waals surface area contributed by atoms with Gasteiger partial charge in [0.25, 0.3) is 0 Å². The van der Waals surface area contributed by atoms with Crippen LogP contribution in [0.15, 0.2) is 75.9 Å². The molecule has 2 heterocycles. The average Bonchev–Trinajstić information content (AvgIpc) is 2.83. The van der Waals surface area contributed by atoms with E-state index < -0.39 is 0 Å². The van der Waals surface area contributed by atoms with Crippen molar-refractivity contribution in [3.05, 3.63) is 88.1 Å². The van der Waals surface area contributed by atoms with Gasteiger partial charge in [-0.3, -0.25) is 9.59 Å². The molecule has 0 fully saturated rings. The third-order valence-electron chi connectivity index (χ3n) is 5.71. The second kappa shape index (κ2) is 7.89. The van der Waals surface area contributed by atoms with Crippen LogP contribution in [0.1, 0.15) is 23.5 Å². The number of fused-ring (bicyclic) bond motifs is 3. The van der Waals surface area contributed by atoms with Gasteiger partial charge in [0.2, 0.25) is 0 Å². The number of hydrogen-bond donors (Lipinski definition) is 0. The fraction of sp³-hybridized carbons (Fsp3) is 0.154. The highest BCUT2D eigenvalue weighted by Crippen LogP contribution is 2.46. The van der Waals surface area contributed by atoms with Crippen LogP contribution in [-0.4, -0.2) is 20.2 Å². The van der Waals surface area contributed by atoms with Gasteiger partial charge < -0.3 is 18.6 Å². The molecule has 0 N–H and O–H groups in total. The Morgan fingerprint density at radius 2 is 1.66 bits per heavy atom. The van der Waals surface area contributed by atoms with Crippen LogP contribution in [-0.2, 0) is 4.79 Å². The lowest BCUT2D eigenvalue weighted by Crippen LogP contribution is -2.22. The van der Waals surface area contributed by atoms with Crippen molar-refractivity contribution in [3.8, 4) is 28.6 Å². The van der Waals surface area contributed by atoms with Crippen LogP contribution in [0, 0.1) is 0 Å². The molecule has 1 atom stereocenters. The van der Waals surface area contributed by atoms with Crippen molar-refractivity contribution in [1.82, 2.24) is 0 Å². The molecule has 3 aromatic carbocycles. The Labute approximate surface area is 184 Å². The Bertz CT molecular complexity index is 1370. The molecule has 160 valence electrons. The van der Waals surface area contributed by atoms with Gasteiger partial charge in [0.05, 0.1) is 20.6 Å². The number of carbonyl (C=O) groups is 1. The molecule has 1 aromatic heterocycles. The average molecular weight is 428 g/mol. The van der Waals surface area contributed by atoms with Gasteiger partial charge in [-0.2, -0.15) is 0 Å². The Kier molecular flexibility index (Phi) is 4.90. The predicted octanol–water partition coefficient (Wildman–Crippen LogP) is 4.92. The lowest BCUT2D eigenvalue weighted by molar-refractivity contribution is -0.135. The summed E-state index contributed by atoms with van der Waals surface area (Å²) in [5.41, 5.74) is 2.45. The normalized spacial score (nSPS) is 15.2. The molecule has 0 aliphatic carbocycles. The van der Waals surface area contributed by atoms with E-state index in [0.717, 1.165) is 11.1 Å². The van der Waals surface area contributed by atoms with Crippen molar-refractivity contribution >= 4 is 16.9 Å². The molecule has 1 aliphatic heterocycles. The largest absolute Gasteiger partial charge is 0.497 e. The standard InChI is InChI=1S/C26H20O6/c1-29-17-10-8-15(9-11-17)18-12-23(28)31-22-14-21(30-2)25-19(27)13-20(32-26(25)24(18)22)16-6-4-3-5-7-16/h3-11,13-14,18H,12H2,1-2H3/t18-/m0/s1. The van der Waals surface area contributed by atoms with E-state index in [9.17, 15) is 9.59 Å². The molecule has 0 saturated heterocycles. The molecule has 4 aromatic rings. The lowest BCUT2D eigenvalue weighted by atomic mass is 9.85. The highest BCUT2D eigenvalue weighted by molar-refractivity contribution is 5.93. The molecule has 0 bridgehead atoms. The van der Waals surface area contributed by atoms with E-state index in [1.807, 2.05) is 54.6 Å². The second-order valence-electron chi connectivity index (χ2n) is 7.54. The highest BCUT2D eigenvalue weighted by atomic mass is 16.5. The van der Waals surface area contributed by atoms with Crippen LogP contribution >= 0.6 is 0 Å². The summed E-state index contributed by atoms with van der Waals surface area (Å²) in [5.74, 6) is 1.07. The fourth-order valence-electron chi connectivity index (χ4n) is 4.17. The summed E-state index contributed by atoms with van der Waals surface area (Å²) in [6.45, 7) is 0. The van der Waals surface area contributed by atoms with E-state index in [4.69, 9.17) is 18.6 Å². The maximum absolute atomic E-state index is 13.2. The Morgan fingerprint density at radius 1 is 0.906 bits per heavy atom. The van der Waals surface area contributed by atoms with E-state index in [-0.39, 0.29) is 23.7 Å². The van der Waals surface area contributed by atoms with Crippen molar-refractivity contribution in [1.29, 1.82) is 0 Å². The maximum Gasteiger partial charge on any atom is 0.312 e. The molecule has 6 heteroatoms. The molecule has 32 heavy (non-hydrogen) atoms. The summed E-state index contributed by atoms with van der Waals surface area (Å²) in [6.07, 6.45) is 0.125. The first-order valence-corrected chi connectivity index (χ1v) is 10.2. The fourth-order valence-corrected chi connectivity index (χ4v) is 4.17. The number of esters is 1. The van der Waals surface area contributed by atoms with Gasteiger partial charge in [-0.25, -0.2) is 0 Å². The van der Waals surface area contributed by atoms with Crippen molar-refractivity contribution in [2.75, 3.05) is 14.2 Å². The quantitative estimate of drug-likeness (QED) is 0.339. The van der Waals surface area contributed by atoms with Gasteiger partial charge in [0.1, 0.15) is 34.0 Å². The van der Waals surface area contributed by atoms with Gasteiger partial charge >= 0.3 is 5.97 Å². The van der Waals surface area contributed by atoms with Crippen LogP contribution in [0.5, 0.6) is 17.2 Å². The number of hydrogen-bond acceptors (Lipinski definition) is 6. The van der Waals surface area contributed by atoms with Crippen molar-refractivity contribution in [2.24, 2.45) is 0 Å². The first-order chi connectivity index (χ1) is 15.6. The monoisotopic (exact) mass is 428 g/mol. The van der Waals surface area contributed by atoms with Gasteiger partial charge in [0.15, 0.2) is 5.43 Å². The number of rotatable bonds is 4. The molecule has 5 rings (SSSR count). The van der Waals surface area contributed by atoms with Crippen LogP contribution in [0.3, 0.4) is 0 Å². The van der Waals surface area contributed by atoms with Crippen LogP contribution in [0.4, 0.5) is 0 Å². The molecular weight excluding hydrogens is 408 g/mol. The van der Waals surface area contributed by atoms with E-state index in [1.165, 1.54) is 13.2 Å². The van der Waals surface area contributed by atoms with Crippen LogP contribution in [0.2, 0.25) is 0 Å². The zero-order chi connectivity index (χ0) is 22.2. The van der Waals surface area contributed by atoms with Crippen molar-refractivity contribution in [2.45, 2.75) is 12.3 Å². The van der Waals surface area contributed by atoms with Gasteiger partial charge in [0, 0.05) is 29.2 Å². The Morgan fingerprint density at radius 3 is 2.34 bits per heavy atom. The summed E-state index contributed by atoms with van der Waals surface area (Å²) in [5, 5.41) is 0.322. The predicted molar refractivity (Wildman–Crippen MR) is 120 cm³/mol. The molecule has 0 amide bonds. The number of ether oxygens (including phenoxy) is 3. The van der Waals surface area contributed by atoms with Gasteiger partial charge in [-0.05, 0) is 17.7 Å². The summed E-state index contributed by atoms with van der Waals surface area (Å²) < 4.78 is 22.6. The summed E-state index contributed by atoms with van der Waals surface area (Å²) >= 11 is 0. The van der Waals surface area contributed by atoms with E-state index in [2.05, 4.69) is 0 Å². The minimum Gasteiger partial charge on any atom is -0.497 e. The zero-order valence-electron chi connectivity index (χ0n) is 17.6. The van der Waals surface area contributed by atoms with Gasteiger partial charge in [-0.15, -0.1) is 0 Å². The third-order valence-corrected chi connectivity index (χ3v) is 5.71. The molecule has 0 radical (unpaired) electrons. The van der Waals surface area contributed by atoms with E-state index >= 15 is 0 Å².